The van der Waals surface area contributed by atoms with Crippen molar-refractivity contribution >= 4 is 22.4 Å². The zero-order valence-electron chi connectivity index (χ0n) is 19.4. The molecular formula is C24H34N6O2. The molecule has 172 valence electrons. The first-order chi connectivity index (χ1) is 15.6. The van der Waals surface area contributed by atoms with Crippen LogP contribution in [0.15, 0.2) is 36.5 Å². The van der Waals surface area contributed by atoms with E-state index < -0.39 is 0 Å². The van der Waals surface area contributed by atoms with E-state index in [9.17, 15) is 0 Å². The first kappa shape index (κ1) is 22.5. The van der Waals surface area contributed by atoms with Crippen molar-refractivity contribution < 1.29 is 9.47 Å². The third-order valence-corrected chi connectivity index (χ3v) is 6.35. The SMILES string of the molecule is COC(CCNc1nnc(NC[C@@H]2CCO[C@H]2c2ccnn2C)c2ccccc12)C(C)C. The van der Waals surface area contributed by atoms with Crippen molar-refractivity contribution in [1.82, 2.24) is 20.0 Å². The highest BCUT2D eigenvalue weighted by Gasteiger charge is 2.31. The molecule has 1 unspecified atom stereocenters. The van der Waals surface area contributed by atoms with E-state index in [0.717, 1.165) is 60.6 Å². The van der Waals surface area contributed by atoms with E-state index in [2.05, 4.69) is 51.9 Å². The number of nitrogens with zero attached hydrogens (tertiary/aromatic N) is 4. The van der Waals surface area contributed by atoms with Crippen molar-refractivity contribution in [1.29, 1.82) is 0 Å². The molecule has 1 fully saturated rings. The summed E-state index contributed by atoms with van der Waals surface area (Å²) in [4.78, 5) is 0. The van der Waals surface area contributed by atoms with Crippen LogP contribution in [0.1, 0.15) is 38.5 Å². The zero-order chi connectivity index (χ0) is 22.5. The van der Waals surface area contributed by atoms with Crippen LogP contribution in [0.3, 0.4) is 0 Å². The lowest BCUT2D eigenvalue weighted by Crippen LogP contribution is -2.22. The van der Waals surface area contributed by atoms with Crippen LogP contribution >= 0.6 is 0 Å². The Balaban J connectivity index is 1.45. The maximum atomic E-state index is 6.02. The number of aryl methyl sites for hydroxylation is 1. The number of hydrogen-bond acceptors (Lipinski definition) is 7. The van der Waals surface area contributed by atoms with Crippen molar-refractivity contribution in [3.8, 4) is 0 Å². The fraction of sp³-hybridized carbons (Fsp3) is 0.542. The number of anilines is 2. The van der Waals surface area contributed by atoms with Gasteiger partial charge in [0.15, 0.2) is 11.6 Å². The first-order valence-electron chi connectivity index (χ1n) is 11.4. The summed E-state index contributed by atoms with van der Waals surface area (Å²) in [5.41, 5.74) is 1.11. The van der Waals surface area contributed by atoms with Gasteiger partial charge in [-0.25, -0.2) is 0 Å². The van der Waals surface area contributed by atoms with Crippen molar-refractivity contribution in [3.05, 3.63) is 42.2 Å². The van der Waals surface area contributed by atoms with Gasteiger partial charge in [0.25, 0.3) is 0 Å². The maximum Gasteiger partial charge on any atom is 0.156 e. The van der Waals surface area contributed by atoms with Crippen LogP contribution in [-0.4, -0.2) is 52.9 Å². The quantitative estimate of drug-likeness (QED) is 0.494. The highest BCUT2D eigenvalue weighted by Crippen LogP contribution is 2.35. The number of hydrogen-bond donors (Lipinski definition) is 2. The van der Waals surface area contributed by atoms with Crippen LogP contribution in [0.5, 0.6) is 0 Å². The molecule has 0 aliphatic carbocycles. The Morgan fingerprint density at radius 2 is 1.84 bits per heavy atom. The van der Waals surface area contributed by atoms with E-state index in [-0.39, 0.29) is 12.2 Å². The molecule has 2 aromatic heterocycles. The van der Waals surface area contributed by atoms with Crippen molar-refractivity contribution in [2.75, 3.05) is 37.4 Å². The summed E-state index contributed by atoms with van der Waals surface area (Å²) in [6.45, 7) is 6.67. The molecule has 32 heavy (non-hydrogen) atoms. The number of methoxy groups -OCH3 is 1. The second kappa shape index (κ2) is 10.3. The number of aromatic nitrogens is 4. The molecule has 1 saturated heterocycles. The Morgan fingerprint density at radius 3 is 2.47 bits per heavy atom. The van der Waals surface area contributed by atoms with Gasteiger partial charge in [0.1, 0.15) is 6.10 Å². The Bertz CT molecular complexity index is 1020. The largest absolute Gasteiger partial charge is 0.381 e. The number of rotatable bonds is 10. The molecule has 2 N–H and O–H groups in total. The summed E-state index contributed by atoms with van der Waals surface area (Å²) >= 11 is 0. The van der Waals surface area contributed by atoms with Gasteiger partial charge < -0.3 is 20.1 Å². The Hall–Kier alpha value is -2.71. The van der Waals surface area contributed by atoms with Gasteiger partial charge in [-0.1, -0.05) is 38.1 Å². The van der Waals surface area contributed by atoms with E-state index in [0.29, 0.717) is 11.8 Å². The van der Waals surface area contributed by atoms with E-state index in [1.54, 1.807) is 7.11 Å². The first-order valence-corrected chi connectivity index (χ1v) is 11.4. The monoisotopic (exact) mass is 438 g/mol. The summed E-state index contributed by atoms with van der Waals surface area (Å²) in [5, 5.41) is 22.4. The molecule has 8 nitrogen and oxygen atoms in total. The molecule has 1 aliphatic rings. The van der Waals surface area contributed by atoms with E-state index in [4.69, 9.17) is 9.47 Å². The van der Waals surface area contributed by atoms with Gasteiger partial charge in [-0.05, 0) is 24.8 Å². The van der Waals surface area contributed by atoms with Crippen LogP contribution in [0.2, 0.25) is 0 Å². The Kier molecular flexibility index (Phi) is 7.22. The highest BCUT2D eigenvalue weighted by atomic mass is 16.5. The molecule has 3 aromatic rings. The number of benzene rings is 1. The van der Waals surface area contributed by atoms with E-state index >= 15 is 0 Å². The number of ether oxygens (including phenoxy) is 2. The predicted molar refractivity (Wildman–Crippen MR) is 127 cm³/mol. The fourth-order valence-electron chi connectivity index (χ4n) is 4.48. The molecule has 0 radical (unpaired) electrons. The molecule has 1 aliphatic heterocycles. The Labute approximate surface area is 189 Å². The summed E-state index contributed by atoms with van der Waals surface area (Å²) < 4.78 is 13.5. The van der Waals surface area contributed by atoms with Crippen molar-refractivity contribution in [2.24, 2.45) is 18.9 Å². The molecule has 0 bridgehead atoms. The molecule has 4 rings (SSSR count). The van der Waals surface area contributed by atoms with Gasteiger partial charge in [0, 0.05) is 56.7 Å². The third kappa shape index (κ3) is 4.86. The predicted octanol–water partition coefficient (Wildman–Crippen LogP) is 4.03. The average Bonchev–Trinajstić information content (AvgIpc) is 3.43. The fourth-order valence-corrected chi connectivity index (χ4v) is 4.48. The lowest BCUT2D eigenvalue weighted by molar-refractivity contribution is 0.0609. The molecule has 1 aromatic carbocycles. The molecule has 3 atom stereocenters. The average molecular weight is 439 g/mol. The normalized spacial score (nSPS) is 19.5. The van der Waals surface area contributed by atoms with Crippen LogP contribution in [-0.2, 0) is 16.5 Å². The minimum absolute atomic E-state index is 0.0462. The molecular weight excluding hydrogens is 404 g/mol. The summed E-state index contributed by atoms with van der Waals surface area (Å²) in [5.74, 6) is 2.44. The zero-order valence-corrected chi connectivity index (χ0v) is 19.4. The molecule has 0 amide bonds. The van der Waals surface area contributed by atoms with Gasteiger partial charge in [-0.2, -0.15) is 5.10 Å². The number of fused-ring (bicyclic) bond motifs is 1. The minimum Gasteiger partial charge on any atom is -0.381 e. The molecule has 3 heterocycles. The minimum atomic E-state index is 0.0462. The lowest BCUT2D eigenvalue weighted by atomic mass is 9.99. The smallest absolute Gasteiger partial charge is 0.156 e. The van der Waals surface area contributed by atoms with Crippen molar-refractivity contribution in [3.63, 3.8) is 0 Å². The highest BCUT2D eigenvalue weighted by molar-refractivity contribution is 5.98. The summed E-state index contributed by atoms with van der Waals surface area (Å²) in [7, 11) is 3.73. The van der Waals surface area contributed by atoms with Crippen LogP contribution in [0.4, 0.5) is 11.6 Å². The number of nitrogens with one attached hydrogen (secondary N) is 2. The lowest BCUT2D eigenvalue weighted by Gasteiger charge is -2.21. The van der Waals surface area contributed by atoms with E-state index in [1.165, 1.54) is 0 Å². The standard InChI is InChI=1S/C24H34N6O2/c1-16(2)21(31-4)10-12-25-23-18-7-5-6-8-19(18)24(29-28-23)26-15-17-11-14-32-22(17)20-9-13-27-30(20)3/h5-9,13,16-17,21-22H,10-12,14-15H2,1-4H3,(H,25,28)(H,26,29)/t17-,21?,22+/m0/s1. The van der Waals surface area contributed by atoms with Crippen LogP contribution < -0.4 is 10.6 Å². The second-order valence-electron chi connectivity index (χ2n) is 8.78. The molecule has 8 heteroatoms. The van der Waals surface area contributed by atoms with Crippen LogP contribution in [0, 0.1) is 11.8 Å². The van der Waals surface area contributed by atoms with Crippen LogP contribution in [0.25, 0.3) is 10.8 Å². The topological polar surface area (TPSA) is 86.1 Å². The van der Waals surface area contributed by atoms with Crippen molar-refractivity contribution in [2.45, 2.75) is 38.9 Å². The second-order valence-corrected chi connectivity index (χ2v) is 8.78. The summed E-state index contributed by atoms with van der Waals surface area (Å²) in [6.07, 6.45) is 4.02. The van der Waals surface area contributed by atoms with Gasteiger partial charge in [0.05, 0.1) is 11.8 Å². The van der Waals surface area contributed by atoms with Gasteiger partial charge in [-0.15, -0.1) is 10.2 Å². The van der Waals surface area contributed by atoms with Gasteiger partial charge in [0.2, 0.25) is 0 Å². The third-order valence-electron chi connectivity index (χ3n) is 6.35. The van der Waals surface area contributed by atoms with E-state index in [1.807, 2.05) is 36.1 Å². The molecule has 0 spiro atoms. The summed E-state index contributed by atoms with van der Waals surface area (Å²) in [6, 6.07) is 10.3. The maximum absolute atomic E-state index is 6.02. The van der Waals surface area contributed by atoms with Gasteiger partial charge in [-0.3, -0.25) is 4.68 Å². The Morgan fingerprint density at radius 1 is 1.12 bits per heavy atom. The van der Waals surface area contributed by atoms with Gasteiger partial charge >= 0.3 is 0 Å². The molecule has 0 saturated carbocycles.